The first-order valence-electron chi connectivity index (χ1n) is 22.5. The van der Waals surface area contributed by atoms with Crippen molar-refractivity contribution in [2.75, 3.05) is 13.1 Å². The monoisotopic (exact) mass is 701 g/mol. The van der Waals surface area contributed by atoms with Crippen molar-refractivity contribution >= 4 is 11.8 Å². The van der Waals surface area contributed by atoms with Crippen molar-refractivity contribution in [1.29, 1.82) is 0 Å². The van der Waals surface area contributed by atoms with Crippen molar-refractivity contribution in [3.8, 4) is 0 Å². The number of hydrogen-bond donors (Lipinski definition) is 2. The van der Waals surface area contributed by atoms with Crippen LogP contribution in [0.1, 0.15) is 245 Å². The highest BCUT2D eigenvalue weighted by atomic mass is 16.2. The van der Waals surface area contributed by atoms with E-state index in [9.17, 15) is 9.59 Å². The highest BCUT2D eigenvalue weighted by Gasteiger charge is 2.03. The molecule has 0 saturated heterocycles. The number of hydrogen-bond acceptors (Lipinski definition) is 2. The van der Waals surface area contributed by atoms with Crippen molar-refractivity contribution in [3.05, 3.63) is 24.3 Å². The van der Waals surface area contributed by atoms with Gasteiger partial charge in [0.15, 0.2) is 0 Å². The Labute approximate surface area is 313 Å². The molecule has 0 aromatic rings. The summed E-state index contributed by atoms with van der Waals surface area (Å²) in [6, 6.07) is 0. The zero-order chi connectivity index (χ0) is 36.3. The molecular weight excluding hydrogens is 613 g/mol. The molecule has 4 nitrogen and oxygen atoms in total. The summed E-state index contributed by atoms with van der Waals surface area (Å²) < 4.78 is 0. The Bertz CT molecular complexity index is 684. The second-order valence-electron chi connectivity index (χ2n) is 15.2. The van der Waals surface area contributed by atoms with E-state index in [4.69, 9.17) is 0 Å². The Hall–Kier alpha value is -1.58. The fraction of sp³-hybridized carbons (Fsp3) is 0.870. The summed E-state index contributed by atoms with van der Waals surface area (Å²) in [5.74, 6) is 0.437. The van der Waals surface area contributed by atoms with E-state index in [1.165, 1.54) is 180 Å². The van der Waals surface area contributed by atoms with Gasteiger partial charge in [0.1, 0.15) is 0 Å². The molecule has 2 N–H and O–H groups in total. The van der Waals surface area contributed by atoms with Crippen LogP contribution >= 0.6 is 0 Å². The number of nitrogens with one attached hydrogen (secondary N) is 2. The van der Waals surface area contributed by atoms with E-state index >= 15 is 0 Å². The van der Waals surface area contributed by atoms with Gasteiger partial charge in [0, 0.05) is 25.9 Å². The van der Waals surface area contributed by atoms with Gasteiger partial charge in [-0.15, -0.1) is 0 Å². The number of carbonyl (C=O) groups is 2. The van der Waals surface area contributed by atoms with Crippen LogP contribution in [-0.2, 0) is 9.59 Å². The summed E-state index contributed by atoms with van der Waals surface area (Å²) in [5.41, 5.74) is 0. The standard InChI is InChI=1S/C46H88N2O2/c1-3-5-7-9-11-13-15-17-19-21-23-25-27-31-35-39-43-47-45(49)41-37-33-29-30-34-38-42-46(50)48-44-40-36-32-28-26-24-22-20-18-16-14-12-10-8-6-4-2/h17-20H,3-16,21-44H2,1-2H3,(H,47,49)(H,48,50). The summed E-state index contributed by atoms with van der Waals surface area (Å²) in [6.45, 7) is 6.22. The molecule has 0 heterocycles. The Morgan fingerprint density at radius 3 is 0.860 bits per heavy atom. The molecule has 0 aliphatic rings. The summed E-state index contributed by atoms with van der Waals surface area (Å²) in [4.78, 5) is 24.2. The van der Waals surface area contributed by atoms with Gasteiger partial charge in [0.25, 0.3) is 0 Å². The minimum absolute atomic E-state index is 0.219. The van der Waals surface area contributed by atoms with Gasteiger partial charge >= 0.3 is 0 Å². The molecule has 0 atom stereocenters. The second-order valence-corrected chi connectivity index (χ2v) is 15.2. The molecule has 0 fully saturated rings. The molecule has 50 heavy (non-hydrogen) atoms. The highest BCUT2D eigenvalue weighted by molar-refractivity contribution is 5.76. The lowest BCUT2D eigenvalue weighted by atomic mass is 10.1. The van der Waals surface area contributed by atoms with Crippen LogP contribution in [0.15, 0.2) is 24.3 Å². The molecule has 0 aliphatic carbocycles. The van der Waals surface area contributed by atoms with E-state index in [0.717, 1.165) is 51.6 Å². The first kappa shape index (κ1) is 48.4. The number of carbonyl (C=O) groups excluding carboxylic acids is 2. The van der Waals surface area contributed by atoms with E-state index in [1.807, 2.05) is 0 Å². The lowest BCUT2D eigenvalue weighted by Crippen LogP contribution is -2.24. The SMILES string of the molecule is CCCCCCCCC=CCCCCCCCCNC(=O)CCCCCCCCC(=O)NCCCCCCCCC=CCCCCCCCC. The van der Waals surface area contributed by atoms with Crippen LogP contribution in [0, 0.1) is 0 Å². The minimum Gasteiger partial charge on any atom is -0.356 e. The van der Waals surface area contributed by atoms with Gasteiger partial charge in [-0.05, 0) is 77.0 Å². The molecule has 0 rings (SSSR count). The minimum atomic E-state index is 0.219. The lowest BCUT2D eigenvalue weighted by Gasteiger charge is -2.06. The molecule has 2 amide bonds. The van der Waals surface area contributed by atoms with Gasteiger partial charge in [-0.1, -0.05) is 179 Å². The zero-order valence-corrected chi connectivity index (χ0v) is 34.0. The Morgan fingerprint density at radius 2 is 0.560 bits per heavy atom. The van der Waals surface area contributed by atoms with Gasteiger partial charge in [-0.2, -0.15) is 0 Å². The van der Waals surface area contributed by atoms with Gasteiger partial charge in [-0.3, -0.25) is 9.59 Å². The largest absolute Gasteiger partial charge is 0.356 e. The van der Waals surface area contributed by atoms with Crippen molar-refractivity contribution in [1.82, 2.24) is 10.6 Å². The third-order valence-electron chi connectivity index (χ3n) is 10.1. The van der Waals surface area contributed by atoms with Crippen LogP contribution in [-0.4, -0.2) is 24.9 Å². The fourth-order valence-electron chi connectivity index (χ4n) is 6.66. The predicted molar refractivity (Wildman–Crippen MR) is 222 cm³/mol. The van der Waals surface area contributed by atoms with E-state index in [1.54, 1.807) is 0 Å². The summed E-state index contributed by atoms with van der Waals surface area (Å²) >= 11 is 0. The molecular formula is C46H88N2O2. The summed E-state index contributed by atoms with van der Waals surface area (Å²) in [7, 11) is 0. The van der Waals surface area contributed by atoms with Crippen molar-refractivity contribution in [2.45, 2.75) is 245 Å². The molecule has 0 aliphatic heterocycles. The second kappa shape index (κ2) is 43.6. The number of rotatable bonds is 41. The van der Waals surface area contributed by atoms with E-state index in [0.29, 0.717) is 12.8 Å². The molecule has 0 aromatic heterocycles. The van der Waals surface area contributed by atoms with Crippen LogP contribution in [0.5, 0.6) is 0 Å². The van der Waals surface area contributed by atoms with E-state index in [2.05, 4.69) is 48.8 Å². The van der Waals surface area contributed by atoms with Crippen LogP contribution in [0.3, 0.4) is 0 Å². The van der Waals surface area contributed by atoms with Crippen molar-refractivity contribution in [2.24, 2.45) is 0 Å². The van der Waals surface area contributed by atoms with Gasteiger partial charge < -0.3 is 10.6 Å². The van der Waals surface area contributed by atoms with Gasteiger partial charge in [-0.25, -0.2) is 0 Å². The average Bonchev–Trinajstić information content (AvgIpc) is 3.12. The molecule has 0 bridgehead atoms. The zero-order valence-electron chi connectivity index (χ0n) is 34.0. The molecule has 0 aromatic carbocycles. The smallest absolute Gasteiger partial charge is 0.219 e. The maximum Gasteiger partial charge on any atom is 0.219 e. The van der Waals surface area contributed by atoms with Crippen LogP contribution < -0.4 is 10.6 Å². The topological polar surface area (TPSA) is 58.2 Å². The lowest BCUT2D eigenvalue weighted by molar-refractivity contribution is -0.122. The van der Waals surface area contributed by atoms with Crippen LogP contribution in [0.4, 0.5) is 0 Å². The number of allylic oxidation sites excluding steroid dienone is 4. The third-order valence-corrected chi connectivity index (χ3v) is 10.1. The van der Waals surface area contributed by atoms with Gasteiger partial charge in [0.2, 0.25) is 11.8 Å². The highest BCUT2D eigenvalue weighted by Crippen LogP contribution is 2.12. The average molecular weight is 701 g/mol. The molecule has 4 heteroatoms. The maximum atomic E-state index is 12.1. The van der Waals surface area contributed by atoms with E-state index < -0.39 is 0 Å². The summed E-state index contributed by atoms with van der Waals surface area (Å²) in [6.07, 6.45) is 54.2. The Balaban J connectivity index is 3.29. The molecule has 0 saturated carbocycles. The quantitative estimate of drug-likeness (QED) is 0.0493. The molecule has 0 unspecified atom stereocenters. The molecule has 294 valence electrons. The third kappa shape index (κ3) is 42.6. The first-order valence-corrected chi connectivity index (χ1v) is 22.5. The fourth-order valence-corrected chi connectivity index (χ4v) is 6.66. The first-order chi connectivity index (χ1) is 24.7. The van der Waals surface area contributed by atoms with E-state index in [-0.39, 0.29) is 11.8 Å². The van der Waals surface area contributed by atoms with Crippen LogP contribution in [0.25, 0.3) is 0 Å². The van der Waals surface area contributed by atoms with Crippen molar-refractivity contribution < 1.29 is 9.59 Å². The molecule has 0 radical (unpaired) electrons. The van der Waals surface area contributed by atoms with Crippen LogP contribution in [0.2, 0.25) is 0 Å². The normalized spacial score (nSPS) is 11.6. The Kier molecular flexibility index (Phi) is 42.2. The maximum absolute atomic E-state index is 12.1. The number of unbranched alkanes of at least 4 members (excludes halogenated alkanes) is 29. The van der Waals surface area contributed by atoms with Crippen molar-refractivity contribution in [3.63, 3.8) is 0 Å². The molecule has 0 spiro atoms. The van der Waals surface area contributed by atoms with Gasteiger partial charge in [0.05, 0.1) is 0 Å². The summed E-state index contributed by atoms with van der Waals surface area (Å²) in [5, 5.41) is 6.22. The Morgan fingerprint density at radius 1 is 0.320 bits per heavy atom. The predicted octanol–water partition coefficient (Wildman–Crippen LogP) is 14.4. The number of amides is 2.